The Morgan fingerprint density at radius 3 is 2.62 bits per heavy atom. The molecule has 0 aromatic rings. The first kappa shape index (κ1) is 12.8. The molecule has 0 aromatic carbocycles. The predicted molar refractivity (Wildman–Crippen MR) is 57.9 cm³/mol. The second kappa shape index (κ2) is 4.72. The quantitative estimate of drug-likeness (QED) is 0.728. The minimum absolute atomic E-state index is 0.0783. The maximum Gasteiger partial charge on any atom is 0.407 e. The van der Waals surface area contributed by atoms with Gasteiger partial charge < -0.3 is 14.8 Å². The molecule has 5 heteroatoms. The van der Waals surface area contributed by atoms with Gasteiger partial charge in [-0.1, -0.05) is 6.92 Å². The number of esters is 1. The lowest BCUT2D eigenvalue weighted by Gasteiger charge is -2.20. The van der Waals surface area contributed by atoms with Crippen LogP contribution < -0.4 is 5.32 Å². The molecule has 0 radical (unpaired) electrons. The first-order valence-corrected chi connectivity index (χ1v) is 5.45. The molecule has 0 spiro atoms. The van der Waals surface area contributed by atoms with Crippen molar-refractivity contribution in [2.24, 2.45) is 5.92 Å². The van der Waals surface area contributed by atoms with Gasteiger partial charge in [0.1, 0.15) is 11.7 Å². The summed E-state index contributed by atoms with van der Waals surface area (Å²) >= 11 is 0. The number of alkyl carbamates (subject to hydrolysis) is 1. The third-order valence-corrected chi connectivity index (χ3v) is 2.17. The molecule has 0 aliphatic carbocycles. The third kappa shape index (κ3) is 4.08. The zero-order valence-corrected chi connectivity index (χ0v) is 10.2. The van der Waals surface area contributed by atoms with Crippen LogP contribution in [0, 0.1) is 5.92 Å². The fraction of sp³-hybridized carbons (Fsp3) is 0.818. The molecule has 1 heterocycles. The average molecular weight is 229 g/mol. The van der Waals surface area contributed by atoms with Crippen molar-refractivity contribution in [3.63, 3.8) is 0 Å². The van der Waals surface area contributed by atoms with Crippen LogP contribution in [0.2, 0.25) is 0 Å². The van der Waals surface area contributed by atoms with E-state index >= 15 is 0 Å². The van der Waals surface area contributed by atoms with Gasteiger partial charge in [-0.3, -0.25) is 4.79 Å². The predicted octanol–water partition coefficient (Wildman–Crippen LogP) is 1.46. The molecule has 0 saturated carbocycles. The first-order valence-electron chi connectivity index (χ1n) is 5.45. The van der Waals surface area contributed by atoms with Gasteiger partial charge >= 0.3 is 12.1 Å². The van der Waals surface area contributed by atoms with Crippen LogP contribution in [-0.4, -0.2) is 30.3 Å². The van der Waals surface area contributed by atoms with E-state index in [0.29, 0.717) is 13.0 Å². The lowest BCUT2D eigenvalue weighted by Crippen LogP contribution is -2.36. The number of carbonyl (C=O) groups excluding carboxylic acids is 2. The number of nitrogens with one attached hydrogen (secondary N) is 1. The van der Waals surface area contributed by atoms with Crippen molar-refractivity contribution >= 4 is 12.1 Å². The molecule has 1 N–H and O–H groups in total. The van der Waals surface area contributed by atoms with Gasteiger partial charge in [-0.25, -0.2) is 4.79 Å². The molecular formula is C11H19NO4. The number of hydrogen-bond donors (Lipinski definition) is 1. The van der Waals surface area contributed by atoms with Crippen molar-refractivity contribution in [1.82, 2.24) is 5.32 Å². The van der Waals surface area contributed by atoms with Crippen LogP contribution in [0.1, 0.15) is 34.1 Å². The van der Waals surface area contributed by atoms with Gasteiger partial charge in [0.05, 0.1) is 12.5 Å². The van der Waals surface area contributed by atoms with Gasteiger partial charge in [0, 0.05) is 0 Å². The molecule has 0 unspecified atom stereocenters. The largest absolute Gasteiger partial charge is 0.460 e. The molecule has 1 rings (SSSR count). The van der Waals surface area contributed by atoms with E-state index < -0.39 is 11.7 Å². The van der Waals surface area contributed by atoms with Crippen LogP contribution in [0.3, 0.4) is 0 Å². The Morgan fingerprint density at radius 1 is 1.56 bits per heavy atom. The molecule has 1 aliphatic rings. The second-order valence-corrected chi connectivity index (χ2v) is 5.08. The number of carbonyl (C=O) groups is 2. The molecule has 5 nitrogen and oxygen atoms in total. The highest BCUT2D eigenvalue weighted by Crippen LogP contribution is 2.19. The number of rotatable bonds is 2. The average Bonchev–Trinajstić information content (AvgIpc) is 2.40. The van der Waals surface area contributed by atoms with Gasteiger partial charge in [-0.15, -0.1) is 0 Å². The van der Waals surface area contributed by atoms with Crippen LogP contribution in [0.4, 0.5) is 4.79 Å². The van der Waals surface area contributed by atoms with Crippen molar-refractivity contribution in [2.75, 3.05) is 6.54 Å². The molecular weight excluding hydrogens is 210 g/mol. The van der Waals surface area contributed by atoms with Crippen molar-refractivity contribution in [2.45, 2.75) is 45.8 Å². The van der Waals surface area contributed by atoms with Gasteiger partial charge in [-0.2, -0.15) is 0 Å². The first-order chi connectivity index (χ1) is 7.28. The molecule has 1 aliphatic heterocycles. The Balaban J connectivity index is 2.26. The maximum atomic E-state index is 11.3. The van der Waals surface area contributed by atoms with Crippen LogP contribution in [0.15, 0.2) is 0 Å². The molecule has 0 bridgehead atoms. The summed E-state index contributed by atoms with van der Waals surface area (Å²) in [6.07, 6.45) is -0.0626. The normalized spacial score (nSPS) is 25.1. The number of cyclic esters (lactones) is 1. The molecule has 1 amide bonds. The van der Waals surface area contributed by atoms with E-state index in [0.717, 1.165) is 0 Å². The van der Waals surface area contributed by atoms with Crippen molar-refractivity contribution in [3.05, 3.63) is 0 Å². The Bertz CT molecular complexity index is 282. The van der Waals surface area contributed by atoms with E-state index in [2.05, 4.69) is 5.32 Å². The molecule has 92 valence electrons. The number of ether oxygens (including phenoxy) is 2. The molecule has 16 heavy (non-hydrogen) atoms. The summed E-state index contributed by atoms with van der Waals surface area (Å²) in [7, 11) is 0. The number of amides is 1. The van der Waals surface area contributed by atoms with Crippen molar-refractivity contribution in [3.8, 4) is 0 Å². The van der Waals surface area contributed by atoms with Gasteiger partial charge in [0.15, 0.2) is 0 Å². The van der Waals surface area contributed by atoms with Crippen LogP contribution in [0.5, 0.6) is 0 Å². The Hall–Kier alpha value is -1.26. The molecule has 0 aromatic heterocycles. The molecule has 2 atom stereocenters. The standard InChI is InChI=1S/C11H19NO4/c1-7-5-8(15-9(7)13)6-12-10(14)16-11(2,3)4/h7-8H,5-6H2,1-4H3,(H,12,14)/t7-,8+/m1/s1. The summed E-state index contributed by atoms with van der Waals surface area (Å²) in [6.45, 7) is 7.51. The minimum atomic E-state index is -0.510. The van der Waals surface area contributed by atoms with E-state index in [-0.39, 0.29) is 18.0 Å². The van der Waals surface area contributed by atoms with Gasteiger partial charge in [0.25, 0.3) is 0 Å². The SMILES string of the molecule is C[C@@H]1C[C@@H](CNC(=O)OC(C)(C)C)OC1=O. The van der Waals surface area contributed by atoms with Crippen LogP contribution in [0.25, 0.3) is 0 Å². The summed E-state index contributed by atoms with van der Waals surface area (Å²) in [6, 6.07) is 0. The smallest absolute Gasteiger partial charge is 0.407 e. The zero-order chi connectivity index (χ0) is 12.3. The van der Waals surface area contributed by atoms with Crippen LogP contribution >= 0.6 is 0 Å². The second-order valence-electron chi connectivity index (χ2n) is 5.08. The summed E-state index contributed by atoms with van der Waals surface area (Å²) in [5.74, 6) is -0.276. The molecule has 1 saturated heterocycles. The van der Waals surface area contributed by atoms with E-state index in [1.54, 1.807) is 20.8 Å². The van der Waals surface area contributed by atoms with Gasteiger partial charge in [0.2, 0.25) is 0 Å². The topological polar surface area (TPSA) is 64.6 Å². The van der Waals surface area contributed by atoms with E-state index in [9.17, 15) is 9.59 Å². The lowest BCUT2D eigenvalue weighted by molar-refractivity contribution is -0.143. The highest BCUT2D eigenvalue weighted by atomic mass is 16.6. The highest BCUT2D eigenvalue weighted by molar-refractivity contribution is 5.74. The summed E-state index contributed by atoms with van der Waals surface area (Å²) in [4.78, 5) is 22.4. The Morgan fingerprint density at radius 2 is 2.19 bits per heavy atom. The summed E-state index contributed by atoms with van der Waals surface area (Å²) in [5, 5.41) is 2.58. The monoisotopic (exact) mass is 229 g/mol. The fourth-order valence-corrected chi connectivity index (χ4v) is 1.46. The third-order valence-electron chi connectivity index (χ3n) is 2.17. The molecule has 1 fully saturated rings. The number of hydrogen-bond acceptors (Lipinski definition) is 4. The van der Waals surface area contributed by atoms with E-state index in [4.69, 9.17) is 9.47 Å². The van der Waals surface area contributed by atoms with Gasteiger partial charge in [-0.05, 0) is 27.2 Å². The summed E-state index contributed by atoms with van der Waals surface area (Å²) in [5.41, 5.74) is -0.510. The highest BCUT2D eigenvalue weighted by Gasteiger charge is 2.31. The summed E-state index contributed by atoms with van der Waals surface area (Å²) < 4.78 is 10.1. The van der Waals surface area contributed by atoms with Crippen LogP contribution in [-0.2, 0) is 14.3 Å². The van der Waals surface area contributed by atoms with Crippen molar-refractivity contribution in [1.29, 1.82) is 0 Å². The zero-order valence-electron chi connectivity index (χ0n) is 10.2. The lowest BCUT2D eigenvalue weighted by atomic mass is 10.1. The van der Waals surface area contributed by atoms with E-state index in [1.165, 1.54) is 0 Å². The maximum absolute atomic E-state index is 11.3. The van der Waals surface area contributed by atoms with E-state index in [1.807, 2.05) is 6.92 Å². The minimum Gasteiger partial charge on any atom is -0.460 e. The fourth-order valence-electron chi connectivity index (χ4n) is 1.46. The Kier molecular flexibility index (Phi) is 3.78. The Labute approximate surface area is 95.5 Å². The van der Waals surface area contributed by atoms with Crippen molar-refractivity contribution < 1.29 is 19.1 Å².